The van der Waals surface area contributed by atoms with Crippen LogP contribution >= 0.6 is 11.3 Å². The molecule has 0 saturated carbocycles. The van der Waals surface area contributed by atoms with Gasteiger partial charge in [-0.15, -0.1) is 11.3 Å². The summed E-state index contributed by atoms with van der Waals surface area (Å²) in [6.07, 6.45) is 2.18. The van der Waals surface area contributed by atoms with Crippen LogP contribution in [0.4, 0.5) is 5.69 Å². The number of nitrogens with one attached hydrogen (secondary N) is 1. The Labute approximate surface area is 122 Å². The molecule has 1 aromatic heterocycles. The first-order valence-electron chi connectivity index (χ1n) is 6.58. The summed E-state index contributed by atoms with van der Waals surface area (Å²) in [7, 11) is 1.93. The molecule has 0 saturated heterocycles. The quantitative estimate of drug-likeness (QED) is 0.738. The van der Waals surface area contributed by atoms with E-state index >= 15 is 0 Å². The maximum atomic E-state index is 4.68. The second kappa shape index (κ2) is 5.47. The first-order valence-corrected chi connectivity index (χ1v) is 7.40. The number of anilines is 1. The molecular weight excluding hydrogens is 264 g/mol. The Morgan fingerprint density at radius 2 is 1.85 bits per heavy atom. The van der Waals surface area contributed by atoms with Crippen molar-refractivity contribution in [3.8, 4) is 0 Å². The Morgan fingerprint density at radius 3 is 2.55 bits per heavy atom. The van der Waals surface area contributed by atoms with E-state index in [9.17, 15) is 0 Å². The topological polar surface area (TPSA) is 24.9 Å². The summed E-state index contributed by atoms with van der Waals surface area (Å²) < 4.78 is 1.24. The highest BCUT2D eigenvalue weighted by molar-refractivity contribution is 7.19. The van der Waals surface area contributed by atoms with Gasteiger partial charge in [0.2, 0.25) is 0 Å². The minimum absolute atomic E-state index is 1.07. The average molecular weight is 280 g/mol. The lowest BCUT2D eigenvalue weighted by atomic mass is 10.1. The number of rotatable bonds is 3. The van der Waals surface area contributed by atoms with Crippen LogP contribution in [0.15, 0.2) is 48.5 Å². The van der Waals surface area contributed by atoms with E-state index in [1.54, 1.807) is 11.3 Å². The molecule has 0 aliphatic rings. The van der Waals surface area contributed by atoms with Crippen molar-refractivity contribution in [2.24, 2.45) is 0 Å². The summed E-state index contributed by atoms with van der Waals surface area (Å²) in [5.74, 6) is 0. The molecule has 2 aromatic carbocycles. The first-order chi connectivity index (χ1) is 9.76. The van der Waals surface area contributed by atoms with Crippen molar-refractivity contribution in [1.82, 2.24) is 4.98 Å². The largest absolute Gasteiger partial charge is 0.388 e. The number of hydrogen-bond donors (Lipinski definition) is 1. The summed E-state index contributed by atoms with van der Waals surface area (Å²) in [5.41, 5.74) is 4.59. The molecule has 1 N–H and O–H groups in total. The number of benzene rings is 2. The molecule has 3 aromatic rings. The fourth-order valence-electron chi connectivity index (χ4n) is 2.10. The monoisotopic (exact) mass is 280 g/mol. The maximum Gasteiger partial charge on any atom is 0.120 e. The van der Waals surface area contributed by atoms with Crippen molar-refractivity contribution < 1.29 is 0 Å². The van der Waals surface area contributed by atoms with Crippen LogP contribution in [0.2, 0.25) is 0 Å². The third-order valence-electron chi connectivity index (χ3n) is 3.21. The zero-order valence-corrected chi connectivity index (χ0v) is 12.4. The van der Waals surface area contributed by atoms with Gasteiger partial charge in [0.05, 0.1) is 10.2 Å². The molecule has 20 heavy (non-hydrogen) atoms. The summed E-state index contributed by atoms with van der Waals surface area (Å²) in [5, 5.41) is 4.21. The predicted molar refractivity (Wildman–Crippen MR) is 89.2 cm³/mol. The van der Waals surface area contributed by atoms with Crippen molar-refractivity contribution in [2.45, 2.75) is 6.92 Å². The van der Waals surface area contributed by atoms with Crippen LogP contribution in [0, 0.1) is 0 Å². The lowest BCUT2D eigenvalue weighted by molar-refractivity contribution is 1.42. The molecular formula is C17H16N2S. The van der Waals surface area contributed by atoms with Gasteiger partial charge in [0.15, 0.2) is 0 Å². The SMILES string of the molecule is CNc1ccc(/C=C(\C)c2nc3ccccc3s2)cc1. The van der Waals surface area contributed by atoms with E-state index in [4.69, 9.17) is 0 Å². The molecule has 3 heteroatoms. The standard InChI is InChI=1S/C17H16N2S/c1-12(11-13-7-9-14(18-2)10-8-13)17-19-15-5-3-4-6-16(15)20-17/h3-11,18H,1-2H3/b12-11+. The van der Waals surface area contributed by atoms with Crippen molar-refractivity contribution in [3.63, 3.8) is 0 Å². The van der Waals surface area contributed by atoms with E-state index in [1.807, 2.05) is 13.1 Å². The van der Waals surface area contributed by atoms with Crippen molar-refractivity contribution in [2.75, 3.05) is 12.4 Å². The summed E-state index contributed by atoms with van der Waals surface area (Å²) in [6, 6.07) is 16.7. The molecule has 0 fully saturated rings. The van der Waals surface area contributed by atoms with E-state index in [2.05, 4.69) is 65.8 Å². The van der Waals surface area contributed by atoms with Crippen LogP contribution in [0.25, 0.3) is 21.9 Å². The van der Waals surface area contributed by atoms with Gasteiger partial charge in [0.1, 0.15) is 5.01 Å². The molecule has 0 unspecified atom stereocenters. The second-order valence-corrected chi connectivity index (χ2v) is 5.72. The fourth-order valence-corrected chi connectivity index (χ4v) is 3.04. The van der Waals surface area contributed by atoms with Gasteiger partial charge in [-0.05, 0) is 48.4 Å². The number of aromatic nitrogens is 1. The molecule has 100 valence electrons. The van der Waals surface area contributed by atoms with E-state index in [0.717, 1.165) is 16.2 Å². The van der Waals surface area contributed by atoms with Crippen LogP contribution in [0.3, 0.4) is 0 Å². The van der Waals surface area contributed by atoms with E-state index in [-0.39, 0.29) is 0 Å². The molecule has 0 radical (unpaired) electrons. The van der Waals surface area contributed by atoms with E-state index < -0.39 is 0 Å². The summed E-state index contributed by atoms with van der Waals surface area (Å²) in [6.45, 7) is 2.11. The van der Waals surface area contributed by atoms with Gasteiger partial charge in [-0.2, -0.15) is 0 Å². The smallest absolute Gasteiger partial charge is 0.120 e. The molecule has 0 aliphatic heterocycles. The Kier molecular flexibility index (Phi) is 3.52. The zero-order valence-electron chi connectivity index (χ0n) is 11.6. The normalized spacial score (nSPS) is 11.8. The minimum Gasteiger partial charge on any atom is -0.388 e. The van der Waals surface area contributed by atoms with Crippen LogP contribution in [0.5, 0.6) is 0 Å². The van der Waals surface area contributed by atoms with Crippen molar-refractivity contribution in [3.05, 3.63) is 59.1 Å². The highest BCUT2D eigenvalue weighted by Gasteiger charge is 2.04. The summed E-state index contributed by atoms with van der Waals surface area (Å²) >= 11 is 1.74. The molecule has 0 bridgehead atoms. The van der Waals surface area contributed by atoms with Gasteiger partial charge in [0.25, 0.3) is 0 Å². The number of allylic oxidation sites excluding steroid dienone is 1. The molecule has 1 heterocycles. The molecule has 0 aliphatic carbocycles. The van der Waals surface area contributed by atoms with Crippen LogP contribution < -0.4 is 5.32 Å². The van der Waals surface area contributed by atoms with Crippen LogP contribution in [0.1, 0.15) is 17.5 Å². The van der Waals surface area contributed by atoms with Crippen LogP contribution in [-0.4, -0.2) is 12.0 Å². The molecule has 2 nitrogen and oxygen atoms in total. The molecule has 0 spiro atoms. The van der Waals surface area contributed by atoms with Gasteiger partial charge >= 0.3 is 0 Å². The van der Waals surface area contributed by atoms with E-state index in [0.29, 0.717) is 0 Å². The van der Waals surface area contributed by atoms with Crippen molar-refractivity contribution >= 4 is 38.9 Å². The van der Waals surface area contributed by atoms with Gasteiger partial charge in [-0.3, -0.25) is 0 Å². The number of thiazole rings is 1. The Hall–Kier alpha value is -2.13. The number of para-hydroxylation sites is 1. The average Bonchev–Trinajstić information content (AvgIpc) is 2.92. The second-order valence-electron chi connectivity index (χ2n) is 4.69. The fraction of sp³-hybridized carbons (Fsp3) is 0.118. The Morgan fingerprint density at radius 1 is 1.10 bits per heavy atom. The van der Waals surface area contributed by atoms with Gasteiger partial charge < -0.3 is 5.32 Å². The minimum atomic E-state index is 1.07. The number of nitrogens with zero attached hydrogens (tertiary/aromatic N) is 1. The first kappa shape index (κ1) is 12.9. The van der Waals surface area contributed by atoms with Gasteiger partial charge in [-0.1, -0.05) is 24.3 Å². The third-order valence-corrected chi connectivity index (χ3v) is 4.39. The Balaban J connectivity index is 1.93. The summed E-state index contributed by atoms with van der Waals surface area (Å²) in [4.78, 5) is 4.68. The molecule has 0 atom stereocenters. The van der Waals surface area contributed by atoms with E-state index in [1.165, 1.54) is 15.8 Å². The lowest BCUT2D eigenvalue weighted by Crippen LogP contribution is -1.86. The van der Waals surface area contributed by atoms with Gasteiger partial charge in [0, 0.05) is 12.7 Å². The maximum absolute atomic E-state index is 4.68. The highest BCUT2D eigenvalue weighted by atomic mass is 32.1. The van der Waals surface area contributed by atoms with Crippen LogP contribution in [-0.2, 0) is 0 Å². The van der Waals surface area contributed by atoms with Crippen molar-refractivity contribution in [1.29, 1.82) is 0 Å². The number of fused-ring (bicyclic) bond motifs is 1. The molecule has 3 rings (SSSR count). The lowest BCUT2D eigenvalue weighted by Gasteiger charge is -2.01. The Bertz CT molecular complexity index is 721. The highest BCUT2D eigenvalue weighted by Crippen LogP contribution is 2.28. The van der Waals surface area contributed by atoms with Gasteiger partial charge in [-0.25, -0.2) is 4.98 Å². The zero-order chi connectivity index (χ0) is 13.9. The predicted octanol–water partition coefficient (Wildman–Crippen LogP) is 4.90. The number of hydrogen-bond acceptors (Lipinski definition) is 3. The molecule has 0 amide bonds. The third kappa shape index (κ3) is 2.58.